The Labute approximate surface area is 97.9 Å². The van der Waals surface area contributed by atoms with Crippen molar-refractivity contribution < 1.29 is 13.2 Å². The van der Waals surface area contributed by atoms with Crippen molar-refractivity contribution in [2.24, 2.45) is 5.92 Å². The molecule has 16 heavy (non-hydrogen) atoms. The van der Waals surface area contributed by atoms with Crippen LogP contribution >= 0.6 is 0 Å². The SMILES string of the molecule is CC1C(=O)CCN(CCCS(C)(=O)=O)C1C. The highest BCUT2D eigenvalue weighted by molar-refractivity contribution is 7.90. The van der Waals surface area contributed by atoms with Gasteiger partial charge in [0, 0.05) is 31.2 Å². The zero-order valence-electron chi connectivity index (χ0n) is 10.3. The summed E-state index contributed by atoms with van der Waals surface area (Å²) in [7, 11) is -2.86. The van der Waals surface area contributed by atoms with Gasteiger partial charge in [0.25, 0.3) is 0 Å². The maximum absolute atomic E-state index is 11.5. The van der Waals surface area contributed by atoms with Crippen LogP contribution in [0.3, 0.4) is 0 Å². The first-order chi connectivity index (χ1) is 7.31. The van der Waals surface area contributed by atoms with E-state index in [1.54, 1.807) is 0 Å². The fraction of sp³-hybridized carbons (Fsp3) is 0.909. The van der Waals surface area contributed by atoms with Gasteiger partial charge in [0.05, 0.1) is 5.75 Å². The molecule has 0 amide bonds. The van der Waals surface area contributed by atoms with Gasteiger partial charge in [0.15, 0.2) is 0 Å². The summed E-state index contributed by atoms with van der Waals surface area (Å²) < 4.78 is 22.0. The van der Waals surface area contributed by atoms with Gasteiger partial charge >= 0.3 is 0 Å². The molecule has 0 saturated carbocycles. The quantitative estimate of drug-likeness (QED) is 0.734. The second-order valence-corrected chi connectivity index (χ2v) is 7.02. The maximum atomic E-state index is 11.5. The number of hydrogen-bond donors (Lipinski definition) is 0. The van der Waals surface area contributed by atoms with E-state index in [9.17, 15) is 13.2 Å². The van der Waals surface area contributed by atoms with E-state index in [4.69, 9.17) is 0 Å². The minimum atomic E-state index is -2.86. The van der Waals surface area contributed by atoms with Gasteiger partial charge < -0.3 is 0 Å². The van der Waals surface area contributed by atoms with Crippen LogP contribution in [0.25, 0.3) is 0 Å². The van der Waals surface area contributed by atoms with E-state index in [0.717, 1.165) is 13.1 Å². The number of hydrogen-bond acceptors (Lipinski definition) is 4. The Balaban J connectivity index is 2.41. The Morgan fingerprint density at radius 1 is 1.38 bits per heavy atom. The van der Waals surface area contributed by atoms with Crippen molar-refractivity contribution in [3.8, 4) is 0 Å². The zero-order valence-corrected chi connectivity index (χ0v) is 11.1. The summed E-state index contributed by atoms with van der Waals surface area (Å²) in [4.78, 5) is 13.7. The average molecular weight is 247 g/mol. The summed E-state index contributed by atoms with van der Waals surface area (Å²) in [6, 6.07) is 0.237. The van der Waals surface area contributed by atoms with Crippen molar-refractivity contribution in [3.63, 3.8) is 0 Å². The maximum Gasteiger partial charge on any atom is 0.147 e. The van der Waals surface area contributed by atoms with Crippen LogP contribution in [0.2, 0.25) is 0 Å². The van der Waals surface area contributed by atoms with E-state index >= 15 is 0 Å². The van der Waals surface area contributed by atoms with Gasteiger partial charge in [0.1, 0.15) is 15.6 Å². The molecule has 0 N–H and O–H groups in total. The van der Waals surface area contributed by atoms with Crippen LogP contribution in [0, 0.1) is 5.92 Å². The molecule has 2 unspecified atom stereocenters. The van der Waals surface area contributed by atoms with E-state index in [1.807, 2.05) is 13.8 Å². The van der Waals surface area contributed by atoms with Gasteiger partial charge in [0.2, 0.25) is 0 Å². The van der Waals surface area contributed by atoms with Crippen molar-refractivity contribution in [2.75, 3.05) is 25.1 Å². The lowest BCUT2D eigenvalue weighted by atomic mass is 9.91. The number of rotatable bonds is 4. The Hall–Kier alpha value is -0.420. The Morgan fingerprint density at radius 2 is 2.00 bits per heavy atom. The Bertz CT molecular complexity index is 350. The molecule has 1 aliphatic heterocycles. The second kappa shape index (κ2) is 5.27. The lowest BCUT2D eigenvalue weighted by Gasteiger charge is -2.36. The van der Waals surface area contributed by atoms with Crippen LogP contribution in [-0.4, -0.2) is 50.2 Å². The summed E-state index contributed by atoms with van der Waals surface area (Å²) in [5, 5.41) is 0. The third kappa shape index (κ3) is 3.87. The number of carbonyl (C=O) groups excluding carboxylic acids is 1. The highest BCUT2D eigenvalue weighted by atomic mass is 32.2. The molecular formula is C11H21NO3S. The average Bonchev–Trinajstić information content (AvgIpc) is 2.16. The van der Waals surface area contributed by atoms with Crippen molar-refractivity contribution in [3.05, 3.63) is 0 Å². The number of piperidine rings is 1. The minimum absolute atomic E-state index is 0.0759. The van der Waals surface area contributed by atoms with E-state index < -0.39 is 9.84 Å². The number of ketones is 1. The molecule has 94 valence electrons. The lowest BCUT2D eigenvalue weighted by molar-refractivity contribution is -0.127. The van der Waals surface area contributed by atoms with Crippen molar-refractivity contribution in [1.82, 2.24) is 4.90 Å². The van der Waals surface area contributed by atoms with Gasteiger partial charge in [-0.05, 0) is 19.9 Å². The molecule has 0 spiro atoms. The lowest BCUT2D eigenvalue weighted by Crippen LogP contribution is -2.47. The normalized spacial score (nSPS) is 28.3. The fourth-order valence-electron chi connectivity index (χ4n) is 2.12. The first kappa shape index (κ1) is 13.6. The number of nitrogens with zero attached hydrogens (tertiary/aromatic N) is 1. The molecule has 1 saturated heterocycles. The van der Waals surface area contributed by atoms with Crippen molar-refractivity contribution >= 4 is 15.6 Å². The smallest absolute Gasteiger partial charge is 0.147 e. The number of likely N-dealkylation sites (tertiary alicyclic amines) is 1. The van der Waals surface area contributed by atoms with Gasteiger partial charge in [-0.25, -0.2) is 8.42 Å². The molecule has 0 aromatic heterocycles. The molecule has 0 aromatic rings. The highest BCUT2D eigenvalue weighted by Crippen LogP contribution is 2.20. The van der Waals surface area contributed by atoms with Gasteiger partial charge in [-0.3, -0.25) is 9.69 Å². The minimum Gasteiger partial charge on any atom is -0.299 e. The Morgan fingerprint density at radius 3 is 2.56 bits per heavy atom. The summed E-state index contributed by atoms with van der Waals surface area (Å²) >= 11 is 0. The number of sulfone groups is 1. The van der Waals surface area contributed by atoms with Gasteiger partial charge in [-0.2, -0.15) is 0 Å². The first-order valence-electron chi connectivity index (χ1n) is 5.76. The van der Waals surface area contributed by atoms with E-state index in [1.165, 1.54) is 6.26 Å². The summed E-state index contributed by atoms with van der Waals surface area (Å²) in [6.07, 6.45) is 2.52. The molecule has 2 atom stereocenters. The molecule has 0 radical (unpaired) electrons. The van der Waals surface area contributed by atoms with Gasteiger partial charge in [-0.1, -0.05) is 6.92 Å². The van der Waals surface area contributed by atoms with Crippen LogP contribution in [-0.2, 0) is 14.6 Å². The van der Waals surface area contributed by atoms with E-state index in [-0.39, 0.29) is 17.7 Å². The Kier molecular flexibility index (Phi) is 4.50. The number of carbonyl (C=O) groups is 1. The molecule has 1 fully saturated rings. The monoisotopic (exact) mass is 247 g/mol. The molecular weight excluding hydrogens is 226 g/mol. The summed E-state index contributed by atoms with van der Waals surface area (Å²) in [5.41, 5.74) is 0. The van der Waals surface area contributed by atoms with Crippen LogP contribution in [0.4, 0.5) is 0 Å². The zero-order chi connectivity index (χ0) is 12.3. The molecule has 1 rings (SSSR count). The third-order valence-electron chi connectivity index (χ3n) is 3.41. The van der Waals surface area contributed by atoms with E-state index in [2.05, 4.69) is 4.90 Å². The largest absolute Gasteiger partial charge is 0.299 e. The van der Waals surface area contributed by atoms with Crippen LogP contribution in [0.5, 0.6) is 0 Å². The third-order valence-corrected chi connectivity index (χ3v) is 4.44. The molecule has 0 aliphatic carbocycles. The first-order valence-corrected chi connectivity index (χ1v) is 7.82. The topological polar surface area (TPSA) is 54.5 Å². The predicted octanol–water partition coefficient (Wildman–Crippen LogP) is 0.721. The predicted molar refractivity (Wildman–Crippen MR) is 64.2 cm³/mol. The van der Waals surface area contributed by atoms with Crippen LogP contribution in [0.1, 0.15) is 26.7 Å². The molecule has 5 heteroatoms. The highest BCUT2D eigenvalue weighted by Gasteiger charge is 2.30. The van der Waals surface area contributed by atoms with Crippen molar-refractivity contribution in [2.45, 2.75) is 32.7 Å². The molecule has 4 nitrogen and oxygen atoms in total. The molecule has 0 aromatic carbocycles. The molecule has 1 heterocycles. The second-order valence-electron chi connectivity index (χ2n) is 4.76. The van der Waals surface area contributed by atoms with Crippen molar-refractivity contribution in [1.29, 1.82) is 0 Å². The summed E-state index contributed by atoms with van der Waals surface area (Å²) in [5.74, 6) is 0.636. The van der Waals surface area contributed by atoms with E-state index in [0.29, 0.717) is 18.6 Å². The fourth-order valence-corrected chi connectivity index (χ4v) is 2.77. The standard InChI is InChI=1S/C11H21NO3S/c1-9-10(2)12(7-5-11(9)13)6-4-8-16(3,14)15/h9-10H,4-8H2,1-3H3. The van der Waals surface area contributed by atoms with Crippen LogP contribution in [0.15, 0.2) is 0 Å². The van der Waals surface area contributed by atoms with Gasteiger partial charge in [-0.15, -0.1) is 0 Å². The molecule has 1 aliphatic rings. The summed E-state index contributed by atoms with van der Waals surface area (Å²) in [6.45, 7) is 5.54. The molecule has 0 bridgehead atoms. The number of Topliss-reactive ketones (excluding diaryl/α,β-unsaturated/α-hetero) is 1. The van der Waals surface area contributed by atoms with Crippen LogP contribution < -0.4 is 0 Å².